The molecule has 0 aromatic heterocycles. The summed E-state index contributed by atoms with van der Waals surface area (Å²) in [4.78, 5) is 0. The van der Waals surface area contributed by atoms with Gasteiger partial charge in [0.15, 0.2) is 6.29 Å². The predicted molar refractivity (Wildman–Crippen MR) is 34.9 cm³/mol. The molecule has 0 saturated carbocycles. The Morgan fingerprint density at radius 2 is 1.86 bits per heavy atom. The molecule has 1 fully saturated rings. The molecular weight excluding hydrogens is 209 g/mol. The van der Waals surface area contributed by atoms with Crippen LogP contribution >= 0.6 is 0 Å². The maximum absolute atomic E-state index is 11.8. The lowest BCUT2D eigenvalue weighted by Crippen LogP contribution is -2.40. The molecule has 84 valence electrons. The maximum Gasteiger partial charge on any atom is 0.522 e. The van der Waals surface area contributed by atoms with E-state index in [-0.39, 0.29) is 0 Å². The molecule has 4 atom stereocenters. The van der Waals surface area contributed by atoms with Gasteiger partial charge in [-0.05, 0) is 0 Å². The van der Waals surface area contributed by atoms with Crippen LogP contribution in [0.3, 0.4) is 0 Å². The van der Waals surface area contributed by atoms with Crippen LogP contribution in [0.5, 0.6) is 0 Å². The van der Waals surface area contributed by atoms with E-state index >= 15 is 0 Å². The molecule has 0 radical (unpaired) electrons. The van der Waals surface area contributed by atoms with Crippen LogP contribution in [0.2, 0.25) is 0 Å². The first-order chi connectivity index (χ1) is 6.35. The smallest absolute Gasteiger partial charge is 0.394 e. The molecule has 1 heterocycles. The van der Waals surface area contributed by atoms with Gasteiger partial charge in [0.1, 0.15) is 18.3 Å². The van der Waals surface area contributed by atoms with Gasteiger partial charge in [-0.15, -0.1) is 13.2 Å². The second kappa shape index (κ2) is 3.99. The quantitative estimate of drug-likeness (QED) is 0.551. The molecule has 0 aromatic rings. The average molecular weight is 218 g/mol. The van der Waals surface area contributed by atoms with E-state index in [1.54, 1.807) is 0 Å². The van der Waals surface area contributed by atoms with Crippen LogP contribution in [0, 0.1) is 0 Å². The first kappa shape index (κ1) is 11.7. The summed E-state index contributed by atoms with van der Waals surface area (Å²) in [5.41, 5.74) is 0. The van der Waals surface area contributed by atoms with Crippen LogP contribution < -0.4 is 0 Å². The molecular formula is C6H9F3O5. The zero-order chi connectivity index (χ0) is 10.9. The number of hydrogen-bond acceptors (Lipinski definition) is 5. The Morgan fingerprint density at radius 1 is 1.29 bits per heavy atom. The number of hydrogen-bond donors (Lipinski definition) is 3. The van der Waals surface area contributed by atoms with E-state index in [9.17, 15) is 13.2 Å². The maximum atomic E-state index is 11.8. The van der Waals surface area contributed by atoms with Crippen molar-refractivity contribution in [1.29, 1.82) is 0 Å². The van der Waals surface area contributed by atoms with Crippen molar-refractivity contribution in [3.05, 3.63) is 0 Å². The molecule has 8 heteroatoms. The Hall–Kier alpha value is -0.410. The van der Waals surface area contributed by atoms with Crippen LogP contribution in [-0.2, 0) is 9.47 Å². The van der Waals surface area contributed by atoms with Crippen LogP contribution in [-0.4, -0.2) is 52.9 Å². The standard InChI is InChI=1S/C6H9F3O5/c7-6(8,9)14-4-2(1-10)13-5(12)3(4)11/h2-5,10-12H,1H2/t2-,3-,4-,5+/m1/s1. The van der Waals surface area contributed by atoms with Crippen molar-refractivity contribution in [1.82, 2.24) is 0 Å². The second-order valence-electron chi connectivity index (χ2n) is 2.77. The van der Waals surface area contributed by atoms with Crippen molar-refractivity contribution in [3.63, 3.8) is 0 Å². The molecule has 0 amide bonds. The summed E-state index contributed by atoms with van der Waals surface area (Å²) >= 11 is 0. The first-order valence-electron chi connectivity index (χ1n) is 3.72. The van der Waals surface area contributed by atoms with E-state index in [1.165, 1.54) is 0 Å². The third-order valence-corrected chi connectivity index (χ3v) is 1.76. The Bertz CT molecular complexity index is 196. The third-order valence-electron chi connectivity index (χ3n) is 1.76. The number of alkyl halides is 3. The molecule has 1 aliphatic rings. The van der Waals surface area contributed by atoms with Gasteiger partial charge in [0.25, 0.3) is 0 Å². The molecule has 5 nitrogen and oxygen atoms in total. The minimum atomic E-state index is -4.95. The highest BCUT2D eigenvalue weighted by Crippen LogP contribution is 2.28. The van der Waals surface area contributed by atoms with Crippen molar-refractivity contribution in [2.45, 2.75) is 31.0 Å². The summed E-state index contributed by atoms with van der Waals surface area (Å²) < 4.78 is 43.2. The van der Waals surface area contributed by atoms with E-state index in [2.05, 4.69) is 9.47 Å². The lowest BCUT2D eigenvalue weighted by atomic mass is 10.1. The first-order valence-corrected chi connectivity index (χ1v) is 3.72. The van der Waals surface area contributed by atoms with Gasteiger partial charge in [-0.3, -0.25) is 4.74 Å². The van der Waals surface area contributed by atoms with Crippen molar-refractivity contribution < 1.29 is 38.0 Å². The van der Waals surface area contributed by atoms with Gasteiger partial charge in [-0.1, -0.05) is 0 Å². The van der Waals surface area contributed by atoms with Crippen LogP contribution in [0.25, 0.3) is 0 Å². The fraction of sp³-hybridized carbons (Fsp3) is 1.00. The number of halogens is 3. The van der Waals surface area contributed by atoms with Crippen LogP contribution in [0.4, 0.5) is 13.2 Å². The largest absolute Gasteiger partial charge is 0.522 e. The zero-order valence-corrected chi connectivity index (χ0v) is 6.81. The van der Waals surface area contributed by atoms with Crippen LogP contribution in [0.1, 0.15) is 0 Å². The van der Waals surface area contributed by atoms with Crippen molar-refractivity contribution in [3.8, 4) is 0 Å². The van der Waals surface area contributed by atoms with E-state index < -0.39 is 37.6 Å². The fourth-order valence-corrected chi connectivity index (χ4v) is 1.17. The van der Waals surface area contributed by atoms with Crippen molar-refractivity contribution >= 4 is 0 Å². The Morgan fingerprint density at radius 3 is 2.29 bits per heavy atom. The van der Waals surface area contributed by atoms with Gasteiger partial charge in [0, 0.05) is 0 Å². The highest BCUT2D eigenvalue weighted by Gasteiger charge is 2.49. The van der Waals surface area contributed by atoms with Gasteiger partial charge in [-0.2, -0.15) is 0 Å². The van der Waals surface area contributed by atoms with Crippen molar-refractivity contribution in [2.75, 3.05) is 6.61 Å². The molecule has 0 aromatic carbocycles. The topological polar surface area (TPSA) is 79.2 Å². The Labute approximate surface area is 76.7 Å². The molecule has 14 heavy (non-hydrogen) atoms. The second-order valence-corrected chi connectivity index (χ2v) is 2.77. The number of aliphatic hydroxyl groups excluding tert-OH is 3. The number of aliphatic hydroxyl groups is 3. The highest BCUT2D eigenvalue weighted by molar-refractivity contribution is 4.87. The van der Waals surface area contributed by atoms with Gasteiger partial charge < -0.3 is 20.1 Å². The molecule has 1 saturated heterocycles. The molecule has 1 aliphatic heterocycles. The fourth-order valence-electron chi connectivity index (χ4n) is 1.17. The summed E-state index contributed by atoms with van der Waals surface area (Å²) in [5, 5.41) is 26.4. The highest BCUT2D eigenvalue weighted by atomic mass is 19.4. The summed E-state index contributed by atoms with van der Waals surface area (Å²) in [7, 11) is 0. The lowest BCUT2D eigenvalue weighted by Gasteiger charge is -2.20. The minimum Gasteiger partial charge on any atom is -0.394 e. The lowest BCUT2D eigenvalue weighted by molar-refractivity contribution is -0.353. The van der Waals surface area contributed by atoms with E-state index in [0.29, 0.717) is 0 Å². The normalized spacial score (nSPS) is 39.0. The monoisotopic (exact) mass is 218 g/mol. The molecule has 0 bridgehead atoms. The predicted octanol–water partition coefficient (Wildman–Crippen LogP) is -1.04. The number of ether oxygens (including phenoxy) is 2. The molecule has 0 spiro atoms. The van der Waals surface area contributed by atoms with Gasteiger partial charge in [0.05, 0.1) is 6.61 Å². The molecule has 0 aliphatic carbocycles. The van der Waals surface area contributed by atoms with Gasteiger partial charge in [0.2, 0.25) is 0 Å². The summed E-state index contributed by atoms with van der Waals surface area (Å²) in [6.45, 7) is -0.783. The third kappa shape index (κ3) is 2.55. The minimum absolute atomic E-state index is 0.783. The average Bonchev–Trinajstić information content (AvgIpc) is 2.30. The summed E-state index contributed by atoms with van der Waals surface area (Å²) in [6.07, 6.45) is -11.8. The van der Waals surface area contributed by atoms with Crippen molar-refractivity contribution in [2.24, 2.45) is 0 Å². The molecule has 1 rings (SSSR count). The Kier molecular flexibility index (Phi) is 3.32. The molecule has 3 N–H and O–H groups in total. The zero-order valence-electron chi connectivity index (χ0n) is 6.81. The summed E-state index contributed by atoms with van der Waals surface area (Å²) in [5.74, 6) is 0. The Balaban J connectivity index is 2.64. The summed E-state index contributed by atoms with van der Waals surface area (Å²) in [6, 6.07) is 0. The van der Waals surface area contributed by atoms with E-state index in [1.807, 2.05) is 0 Å². The number of rotatable bonds is 2. The van der Waals surface area contributed by atoms with E-state index in [0.717, 1.165) is 0 Å². The van der Waals surface area contributed by atoms with E-state index in [4.69, 9.17) is 15.3 Å². The van der Waals surface area contributed by atoms with Gasteiger partial charge >= 0.3 is 6.36 Å². The molecule has 0 unspecified atom stereocenters. The van der Waals surface area contributed by atoms with Gasteiger partial charge in [-0.25, -0.2) is 0 Å². The van der Waals surface area contributed by atoms with Crippen LogP contribution in [0.15, 0.2) is 0 Å². The SMILES string of the molecule is OC[C@H]1O[C@H](O)[C@H](O)[C@@H]1OC(F)(F)F.